The number of nitrogens with zero attached hydrogens (tertiary/aromatic N) is 1. The molecular weight excluding hydrogens is 425 g/mol. The van der Waals surface area contributed by atoms with E-state index in [1.165, 1.54) is 26.0 Å². The molecule has 3 rings (SSSR count). The van der Waals surface area contributed by atoms with Gasteiger partial charge in [-0.25, -0.2) is 4.39 Å². The van der Waals surface area contributed by atoms with E-state index >= 15 is 0 Å². The summed E-state index contributed by atoms with van der Waals surface area (Å²) in [7, 11) is 0. The summed E-state index contributed by atoms with van der Waals surface area (Å²) in [5, 5.41) is 14.8. The second kappa shape index (κ2) is 8.80. The van der Waals surface area contributed by atoms with Crippen molar-refractivity contribution in [3.05, 3.63) is 51.6 Å². The van der Waals surface area contributed by atoms with Gasteiger partial charge in [0.2, 0.25) is 0 Å². The molecule has 9 heteroatoms. The van der Waals surface area contributed by atoms with Crippen LogP contribution in [0.2, 0.25) is 5.02 Å². The van der Waals surface area contributed by atoms with E-state index in [4.69, 9.17) is 11.6 Å². The van der Waals surface area contributed by atoms with E-state index in [9.17, 15) is 23.9 Å². The number of hydrogen-bond acceptors (Lipinski definition) is 4. The van der Waals surface area contributed by atoms with Crippen LogP contribution in [0, 0.1) is 12.7 Å². The number of nitrogens with one attached hydrogen (secondary N) is 2. The van der Waals surface area contributed by atoms with Crippen LogP contribution in [0.1, 0.15) is 58.8 Å². The summed E-state index contributed by atoms with van der Waals surface area (Å²) >= 11 is 5.79. The average Bonchev–Trinajstić information content (AvgIpc) is 2.99. The first-order valence-corrected chi connectivity index (χ1v) is 10.4. The monoisotopic (exact) mass is 449 g/mol. The van der Waals surface area contributed by atoms with Crippen LogP contribution in [0.4, 0.5) is 10.1 Å². The molecule has 7 nitrogen and oxygen atoms in total. The maximum absolute atomic E-state index is 13.4. The summed E-state index contributed by atoms with van der Waals surface area (Å²) < 4.78 is 15.1. The van der Waals surface area contributed by atoms with Gasteiger partial charge in [0.1, 0.15) is 5.82 Å². The average molecular weight is 450 g/mol. The molecule has 0 saturated carbocycles. The normalized spacial score (nSPS) is 13.5. The molecule has 1 aromatic carbocycles. The molecule has 0 unspecified atom stereocenters. The highest BCUT2D eigenvalue weighted by Crippen LogP contribution is 2.30. The van der Waals surface area contributed by atoms with Crippen molar-refractivity contribution >= 4 is 34.9 Å². The van der Waals surface area contributed by atoms with E-state index in [0.717, 1.165) is 18.9 Å². The first kappa shape index (κ1) is 23.0. The Morgan fingerprint density at radius 2 is 1.97 bits per heavy atom. The molecule has 1 aromatic heterocycles. The molecule has 0 bridgehead atoms. The number of carbonyl (C=O) groups excluding carboxylic acids is 3. The number of anilines is 1. The van der Waals surface area contributed by atoms with Gasteiger partial charge in [-0.2, -0.15) is 0 Å². The van der Waals surface area contributed by atoms with Crippen molar-refractivity contribution in [1.29, 1.82) is 0 Å². The highest BCUT2D eigenvalue weighted by atomic mass is 35.5. The highest BCUT2D eigenvalue weighted by molar-refractivity contribution is 6.43. The molecule has 166 valence electrons. The van der Waals surface area contributed by atoms with Crippen LogP contribution in [-0.2, 0) is 17.8 Å². The maximum Gasteiger partial charge on any atom is 0.294 e. The Hall–Kier alpha value is -2.71. The molecule has 0 saturated heterocycles. The van der Waals surface area contributed by atoms with Gasteiger partial charge in [-0.15, -0.1) is 0 Å². The standard InChI is InChI=1S/C22H25ClFN3O4/c1-12-17(20(29)26-13-7-8-15(24)14(23)10-13)16-6-4-5-9-27(16)18(12)19(28)21(30)25-11-22(2,3)31/h7-8,10,31H,4-6,9,11H2,1-3H3,(H,25,30)(H,26,29). The predicted molar refractivity (Wildman–Crippen MR) is 115 cm³/mol. The smallest absolute Gasteiger partial charge is 0.294 e. The number of Topliss-reactive ketones (excluding diaryl/α,β-unsaturated/α-hetero) is 1. The van der Waals surface area contributed by atoms with E-state index in [-0.39, 0.29) is 17.3 Å². The minimum Gasteiger partial charge on any atom is -0.389 e. The van der Waals surface area contributed by atoms with Crippen LogP contribution in [0.3, 0.4) is 0 Å². The Labute approximate surface area is 184 Å². The zero-order valence-corrected chi connectivity index (χ0v) is 18.4. The van der Waals surface area contributed by atoms with Crippen LogP contribution < -0.4 is 10.6 Å². The van der Waals surface area contributed by atoms with Crippen molar-refractivity contribution in [3.63, 3.8) is 0 Å². The molecule has 0 radical (unpaired) electrons. The SMILES string of the molecule is Cc1c(C(=O)Nc2ccc(F)c(Cl)c2)c2n(c1C(=O)C(=O)NCC(C)(C)O)CCCC2. The molecule has 1 aliphatic rings. The largest absolute Gasteiger partial charge is 0.389 e. The predicted octanol–water partition coefficient (Wildman–Crippen LogP) is 3.25. The van der Waals surface area contributed by atoms with Gasteiger partial charge in [0.15, 0.2) is 0 Å². The third-order valence-electron chi connectivity index (χ3n) is 5.17. The van der Waals surface area contributed by atoms with E-state index in [2.05, 4.69) is 10.6 Å². The summed E-state index contributed by atoms with van der Waals surface area (Å²) in [5.41, 5.74) is 0.760. The van der Waals surface area contributed by atoms with Gasteiger partial charge in [-0.1, -0.05) is 11.6 Å². The Morgan fingerprint density at radius 3 is 2.61 bits per heavy atom. The number of benzene rings is 1. The first-order chi connectivity index (χ1) is 14.5. The van der Waals surface area contributed by atoms with Gasteiger partial charge in [-0.3, -0.25) is 14.4 Å². The number of carbonyl (C=O) groups is 3. The number of amides is 2. The van der Waals surface area contributed by atoms with Crippen LogP contribution in [0.15, 0.2) is 18.2 Å². The Bertz CT molecular complexity index is 1060. The fraction of sp³-hybridized carbons (Fsp3) is 0.409. The van der Waals surface area contributed by atoms with E-state index in [0.29, 0.717) is 35.5 Å². The van der Waals surface area contributed by atoms with Crippen LogP contribution in [-0.4, -0.2) is 39.4 Å². The van der Waals surface area contributed by atoms with E-state index in [1.54, 1.807) is 11.5 Å². The van der Waals surface area contributed by atoms with Gasteiger partial charge in [0.25, 0.3) is 17.6 Å². The summed E-state index contributed by atoms with van der Waals surface area (Å²) in [5.74, 6) is -2.65. The molecule has 2 aromatic rings. The van der Waals surface area contributed by atoms with Gasteiger partial charge < -0.3 is 20.3 Å². The molecular formula is C22H25ClFN3O4. The highest BCUT2D eigenvalue weighted by Gasteiger charge is 2.32. The van der Waals surface area contributed by atoms with Crippen LogP contribution >= 0.6 is 11.6 Å². The van der Waals surface area contributed by atoms with E-state index in [1.807, 2.05) is 0 Å². The topological polar surface area (TPSA) is 100 Å². The second-order valence-electron chi connectivity index (χ2n) is 8.31. The molecule has 0 aliphatic carbocycles. The van der Waals surface area contributed by atoms with Crippen LogP contribution in [0.5, 0.6) is 0 Å². The van der Waals surface area contributed by atoms with Crippen LogP contribution in [0.25, 0.3) is 0 Å². The number of fused-ring (bicyclic) bond motifs is 1. The summed E-state index contributed by atoms with van der Waals surface area (Å²) in [6.07, 6.45) is 2.26. The number of aromatic nitrogens is 1. The zero-order valence-electron chi connectivity index (χ0n) is 17.6. The quantitative estimate of drug-likeness (QED) is 0.465. The fourth-order valence-corrected chi connectivity index (χ4v) is 3.90. The molecule has 0 spiro atoms. The lowest BCUT2D eigenvalue weighted by molar-refractivity contribution is -0.118. The second-order valence-corrected chi connectivity index (χ2v) is 8.72. The number of aliphatic hydroxyl groups is 1. The number of hydrogen-bond donors (Lipinski definition) is 3. The molecule has 3 N–H and O–H groups in total. The maximum atomic E-state index is 13.4. The number of halogens is 2. The van der Waals surface area contributed by atoms with Gasteiger partial charge in [-0.05, 0) is 63.8 Å². The Morgan fingerprint density at radius 1 is 1.26 bits per heavy atom. The third kappa shape index (κ3) is 4.97. The number of rotatable bonds is 6. The van der Waals surface area contributed by atoms with Crippen molar-refractivity contribution in [2.75, 3.05) is 11.9 Å². The number of ketones is 1. The Balaban J connectivity index is 1.94. The van der Waals surface area contributed by atoms with Crippen molar-refractivity contribution in [1.82, 2.24) is 9.88 Å². The molecule has 2 amide bonds. The Kier molecular flexibility index (Phi) is 6.52. The van der Waals surface area contributed by atoms with Crippen molar-refractivity contribution in [2.45, 2.75) is 52.2 Å². The minimum absolute atomic E-state index is 0.0805. The fourth-order valence-electron chi connectivity index (χ4n) is 3.72. The third-order valence-corrected chi connectivity index (χ3v) is 5.46. The van der Waals surface area contributed by atoms with Crippen molar-refractivity contribution in [3.8, 4) is 0 Å². The minimum atomic E-state index is -1.16. The van der Waals surface area contributed by atoms with Crippen molar-refractivity contribution in [2.24, 2.45) is 0 Å². The summed E-state index contributed by atoms with van der Waals surface area (Å²) in [4.78, 5) is 38.4. The lowest BCUT2D eigenvalue weighted by atomic mass is 10.0. The molecule has 0 fully saturated rings. The summed E-state index contributed by atoms with van der Waals surface area (Å²) in [6, 6.07) is 3.86. The summed E-state index contributed by atoms with van der Waals surface area (Å²) in [6.45, 7) is 5.11. The molecule has 0 atom stereocenters. The lowest BCUT2D eigenvalue weighted by Crippen LogP contribution is -2.41. The van der Waals surface area contributed by atoms with E-state index < -0.39 is 29.0 Å². The first-order valence-electron chi connectivity index (χ1n) is 10.0. The lowest BCUT2D eigenvalue weighted by Gasteiger charge is -2.19. The molecule has 1 aliphatic heterocycles. The van der Waals surface area contributed by atoms with Gasteiger partial charge in [0.05, 0.1) is 21.9 Å². The zero-order chi connectivity index (χ0) is 22.9. The molecule has 2 heterocycles. The molecule has 31 heavy (non-hydrogen) atoms. The van der Waals surface area contributed by atoms with Gasteiger partial charge >= 0.3 is 0 Å². The van der Waals surface area contributed by atoms with Gasteiger partial charge in [0, 0.05) is 24.5 Å². The van der Waals surface area contributed by atoms with Crippen molar-refractivity contribution < 1.29 is 23.9 Å².